The average molecular weight is 397 g/mol. The highest BCUT2D eigenvalue weighted by molar-refractivity contribution is 6.30. The number of esters is 1. The van der Waals surface area contributed by atoms with E-state index in [0.717, 1.165) is 0 Å². The zero-order chi connectivity index (χ0) is 20.1. The molecule has 0 radical (unpaired) electrons. The molecule has 146 valence electrons. The van der Waals surface area contributed by atoms with E-state index in [1.807, 2.05) is 0 Å². The molecule has 1 aromatic carbocycles. The Morgan fingerprint density at radius 1 is 1.44 bits per heavy atom. The molecule has 1 aliphatic rings. The van der Waals surface area contributed by atoms with Crippen molar-refractivity contribution in [3.05, 3.63) is 39.4 Å². The number of amides is 1. The van der Waals surface area contributed by atoms with Crippen molar-refractivity contribution in [1.29, 1.82) is 0 Å². The van der Waals surface area contributed by atoms with Crippen molar-refractivity contribution >= 4 is 34.9 Å². The number of carbonyl (C=O) groups is 3. The number of nitro groups is 1. The Kier molecular flexibility index (Phi) is 6.90. The van der Waals surface area contributed by atoms with Gasteiger partial charge in [-0.25, -0.2) is 0 Å². The zero-order valence-electron chi connectivity index (χ0n) is 15.0. The van der Waals surface area contributed by atoms with Gasteiger partial charge in [0.1, 0.15) is 5.78 Å². The van der Waals surface area contributed by atoms with Crippen molar-refractivity contribution in [2.24, 2.45) is 17.8 Å². The lowest BCUT2D eigenvalue weighted by molar-refractivity contribution is -0.490. The molecule has 2 rings (SSSR count). The summed E-state index contributed by atoms with van der Waals surface area (Å²) < 4.78 is 5.11. The van der Waals surface area contributed by atoms with Crippen LogP contribution in [0.15, 0.2) is 24.3 Å². The van der Waals surface area contributed by atoms with E-state index < -0.39 is 34.7 Å². The van der Waals surface area contributed by atoms with Gasteiger partial charge in [-0.3, -0.25) is 24.5 Å². The summed E-state index contributed by atoms with van der Waals surface area (Å²) in [6.45, 7) is 2.81. The molecule has 0 saturated heterocycles. The number of halogens is 1. The fraction of sp³-hybridized carbons (Fsp3) is 0.500. The second-order valence-corrected chi connectivity index (χ2v) is 7.21. The van der Waals surface area contributed by atoms with Gasteiger partial charge >= 0.3 is 5.97 Å². The highest BCUT2D eigenvalue weighted by Crippen LogP contribution is 2.36. The van der Waals surface area contributed by atoms with Crippen LogP contribution in [0, 0.1) is 27.9 Å². The fourth-order valence-corrected chi connectivity index (χ4v) is 3.48. The number of rotatable bonds is 7. The van der Waals surface area contributed by atoms with Gasteiger partial charge in [0.15, 0.2) is 6.10 Å². The molecule has 4 atom stereocenters. The summed E-state index contributed by atoms with van der Waals surface area (Å²) in [4.78, 5) is 46.7. The number of benzene rings is 1. The zero-order valence-corrected chi connectivity index (χ0v) is 15.8. The van der Waals surface area contributed by atoms with Crippen LogP contribution in [0.1, 0.15) is 26.7 Å². The summed E-state index contributed by atoms with van der Waals surface area (Å²) in [5, 5.41) is 13.8. The smallest absolute Gasteiger partial charge is 0.307 e. The lowest BCUT2D eigenvalue weighted by Gasteiger charge is -2.18. The Balaban J connectivity index is 1.92. The third-order valence-corrected chi connectivity index (χ3v) is 4.94. The predicted octanol–water partition coefficient (Wildman–Crippen LogP) is 2.72. The van der Waals surface area contributed by atoms with E-state index in [2.05, 4.69) is 5.32 Å². The Morgan fingerprint density at radius 2 is 2.15 bits per heavy atom. The van der Waals surface area contributed by atoms with Gasteiger partial charge in [0.25, 0.3) is 5.91 Å². The van der Waals surface area contributed by atoms with Gasteiger partial charge in [-0.2, -0.15) is 0 Å². The normalized spacial score (nSPS) is 22.9. The number of nitrogens with one attached hydrogen (secondary N) is 1. The topological polar surface area (TPSA) is 116 Å². The maximum absolute atomic E-state index is 12.2. The molecule has 0 bridgehead atoms. The minimum atomic E-state index is -1.08. The highest BCUT2D eigenvalue weighted by Gasteiger charge is 2.44. The van der Waals surface area contributed by atoms with Crippen LogP contribution >= 0.6 is 11.6 Å². The Hall–Kier alpha value is -2.48. The molecule has 9 heteroatoms. The van der Waals surface area contributed by atoms with E-state index in [4.69, 9.17) is 16.3 Å². The van der Waals surface area contributed by atoms with Crippen molar-refractivity contribution in [3.63, 3.8) is 0 Å². The number of Topliss-reactive ketones (excluding diaryl/α,β-unsaturated/α-hetero) is 1. The third kappa shape index (κ3) is 5.75. The minimum absolute atomic E-state index is 0.163. The summed E-state index contributed by atoms with van der Waals surface area (Å²) in [5.74, 6) is -2.87. The predicted molar refractivity (Wildman–Crippen MR) is 97.9 cm³/mol. The van der Waals surface area contributed by atoms with E-state index in [1.165, 1.54) is 6.92 Å². The Bertz CT molecular complexity index is 753. The lowest BCUT2D eigenvalue weighted by Crippen LogP contribution is -2.32. The molecular weight excluding hydrogens is 376 g/mol. The second kappa shape index (κ2) is 8.94. The molecule has 1 fully saturated rings. The molecule has 1 aromatic rings. The molecule has 8 nitrogen and oxygen atoms in total. The molecule has 0 aromatic heterocycles. The van der Waals surface area contributed by atoms with E-state index in [-0.39, 0.29) is 31.1 Å². The standard InChI is InChI=1S/C18H21ClN2O6/c1-10-6-16(22)14(15(10)9-21(25)26)8-17(23)27-11(2)18(24)20-13-5-3-4-12(19)7-13/h3-5,7,10-11,14-15H,6,8-9H2,1-2H3,(H,20,24)/t10-,11+,14+,15-/m1/s1. The first kappa shape index (κ1) is 20.8. The van der Waals surface area contributed by atoms with Crippen LogP contribution in [-0.4, -0.2) is 35.2 Å². The maximum atomic E-state index is 12.2. The molecule has 1 N–H and O–H groups in total. The van der Waals surface area contributed by atoms with Crippen LogP contribution in [0.5, 0.6) is 0 Å². The van der Waals surface area contributed by atoms with E-state index in [9.17, 15) is 24.5 Å². The number of ether oxygens (including phenoxy) is 1. The van der Waals surface area contributed by atoms with Gasteiger partial charge in [-0.15, -0.1) is 0 Å². The van der Waals surface area contributed by atoms with Crippen LogP contribution in [0.3, 0.4) is 0 Å². The van der Waals surface area contributed by atoms with Gasteiger partial charge in [0.2, 0.25) is 6.54 Å². The molecule has 1 amide bonds. The molecule has 0 aliphatic heterocycles. The first-order valence-corrected chi connectivity index (χ1v) is 8.95. The number of anilines is 1. The molecule has 1 aliphatic carbocycles. The second-order valence-electron chi connectivity index (χ2n) is 6.77. The van der Waals surface area contributed by atoms with Crippen molar-refractivity contribution in [2.45, 2.75) is 32.8 Å². The number of hydrogen-bond acceptors (Lipinski definition) is 6. The maximum Gasteiger partial charge on any atom is 0.307 e. The molecule has 0 spiro atoms. The number of ketones is 1. The summed E-state index contributed by atoms with van der Waals surface area (Å²) in [6.07, 6.45) is -1.14. The largest absolute Gasteiger partial charge is 0.453 e. The summed E-state index contributed by atoms with van der Waals surface area (Å²) in [7, 11) is 0. The molecule has 0 heterocycles. The Morgan fingerprint density at radius 3 is 2.78 bits per heavy atom. The van der Waals surface area contributed by atoms with E-state index >= 15 is 0 Å². The average Bonchev–Trinajstić information content (AvgIpc) is 2.81. The first-order chi connectivity index (χ1) is 12.7. The number of carbonyl (C=O) groups excluding carboxylic acids is 3. The van der Waals surface area contributed by atoms with Gasteiger partial charge in [-0.05, 0) is 31.0 Å². The SMILES string of the molecule is C[C@H](OC(=O)C[C@@H]1C(=O)C[C@@H](C)[C@H]1C[N+](=O)[O-])C(=O)Nc1cccc(Cl)c1. The van der Waals surface area contributed by atoms with Crippen LogP contribution in [0.4, 0.5) is 5.69 Å². The minimum Gasteiger partial charge on any atom is -0.453 e. The first-order valence-electron chi connectivity index (χ1n) is 8.57. The number of nitrogens with zero attached hydrogens (tertiary/aromatic N) is 1. The lowest BCUT2D eigenvalue weighted by atomic mass is 9.88. The van der Waals surface area contributed by atoms with E-state index in [0.29, 0.717) is 10.7 Å². The fourth-order valence-electron chi connectivity index (χ4n) is 3.29. The molecule has 1 saturated carbocycles. The quantitative estimate of drug-likeness (QED) is 0.430. The molecular formula is C18H21ClN2O6. The number of hydrogen-bond donors (Lipinski definition) is 1. The monoisotopic (exact) mass is 396 g/mol. The van der Waals surface area contributed by atoms with Crippen molar-refractivity contribution in [3.8, 4) is 0 Å². The summed E-state index contributed by atoms with van der Waals surface area (Å²) in [6, 6.07) is 6.51. The van der Waals surface area contributed by atoms with Gasteiger partial charge < -0.3 is 10.1 Å². The molecule has 0 unspecified atom stereocenters. The van der Waals surface area contributed by atoms with Crippen molar-refractivity contribution in [1.82, 2.24) is 0 Å². The summed E-state index contributed by atoms with van der Waals surface area (Å²) >= 11 is 5.85. The summed E-state index contributed by atoms with van der Waals surface area (Å²) in [5.41, 5.74) is 0.459. The third-order valence-electron chi connectivity index (χ3n) is 4.70. The van der Waals surface area contributed by atoms with E-state index in [1.54, 1.807) is 31.2 Å². The van der Waals surface area contributed by atoms with Crippen LogP contribution < -0.4 is 5.32 Å². The van der Waals surface area contributed by atoms with Gasteiger partial charge in [-0.1, -0.05) is 24.6 Å². The van der Waals surface area contributed by atoms with Crippen LogP contribution in [0.2, 0.25) is 5.02 Å². The van der Waals surface area contributed by atoms with Gasteiger partial charge in [0.05, 0.1) is 6.42 Å². The van der Waals surface area contributed by atoms with Gasteiger partial charge in [0, 0.05) is 33.9 Å². The Labute approximate surface area is 161 Å². The van der Waals surface area contributed by atoms with Crippen molar-refractivity contribution in [2.75, 3.05) is 11.9 Å². The van der Waals surface area contributed by atoms with Crippen LogP contribution in [-0.2, 0) is 19.1 Å². The molecule has 27 heavy (non-hydrogen) atoms. The van der Waals surface area contributed by atoms with Crippen LogP contribution in [0.25, 0.3) is 0 Å². The highest BCUT2D eigenvalue weighted by atomic mass is 35.5. The van der Waals surface area contributed by atoms with Crippen molar-refractivity contribution < 1.29 is 24.0 Å².